The molecule has 1 atom stereocenters. The molecule has 0 N–H and O–H groups in total. The molecule has 0 amide bonds. The van der Waals surface area contributed by atoms with Gasteiger partial charge in [0.25, 0.3) is 0 Å². The summed E-state index contributed by atoms with van der Waals surface area (Å²) in [6, 6.07) is 0.406. The molecule has 6 heteroatoms. The van der Waals surface area contributed by atoms with Gasteiger partial charge in [-0.3, -0.25) is 9.58 Å². The Kier molecular flexibility index (Phi) is 3.57. The lowest BCUT2D eigenvalue weighted by Gasteiger charge is -2.21. The largest absolute Gasteiger partial charge is 0.423 e. The van der Waals surface area contributed by atoms with Crippen LogP contribution < -0.4 is 0 Å². The van der Waals surface area contributed by atoms with Crippen molar-refractivity contribution in [3.8, 4) is 0 Å². The Bertz CT molecular complexity index is 610. The molecule has 114 valence electrons. The summed E-state index contributed by atoms with van der Waals surface area (Å²) in [6.45, 7) is 8.02. The Hall–Kier alpha value is -1.69. The van der Waals surface area contributed by atoms with Crippen LogP contribution >= 0.6 is 0 Å². The van der Waals surface area contributed by atoms with E-state index in [0.717, 1.165) is 13.0 Å². The average molecular weight is 289 g/mol. The van der Waals surface area contributed by atoms with Gasteiger partial charge in [0.05, 0.1) is 12.7 Å². The van der Waals surface area contributed by atoms with E-state index in [0.29, 0.717) is 24.4 Å². The van der Waals surface area contributed by atoms with E-state index in [2.05, 4.69) is 47.2 Å². The van der Waals surface area contributed by atoms with E-state index in [1.54, 1.807) is 0 Å². The van der Waals surface area contributed by atoms with Crippen molar-refractivity contribution in [2.24, 2.45) is 7.05 Å². The molecule has 0 saturated carbocycles. The maximum Gasteiger partial charge on any atom is 0.230 e. The van der Waals surface area contributed by atoms with Gasteiger partial charge in [0.15, 0.2) is 0 Å². The van der Waals surface area contributed by atoms with E-state index in [-0.39, 0.29) is 5.41 Å². The maximum atomic E-state index is 5.81. The van der Waals surface area contributed by atoms with E-state index in [4.69, 9.17) is 4.42 Å². The first-order chi connectivity index (χ1) is 9.93. The molecule has 3 heterocycles. The molecule has 0 aromatic carbocycles. The SMILES string of the molecule is Cn1cc([C@H]2CCCN2Cc2nnc(C(C)(C)C)o2)cn1. The molecular formula is C15H23N5O. The van der Waals surface area contributed by atoms with Gasteiger partial charge in [-0.2, -0.15) is 5.10 Å². The van der Waals surface area contributed by atoms with Crippen molar-refractivity contribution in [1.82, 2.24) is 24.9 Å². The van der Waals surface area contributed by atoms with Gasteiger partial charge >= 0.3 is 0 Å². The fraction of sp³-hybridized carbons (Fsp3) is 0.667. The van der Waals surface area contributed by atoms with Gasteiger partial charge in [0.2, 0.25) is 11.8 Å². The number of rotatable bonds is 3. The molecule has 0 aliphatic carbocycles. The minimum Gasteiger partial charge on any atom is -0.423 e. The van der Waals surface area contributed by atoms with E-state index < -0.39 is 0 Å². The fourth-order valence-corrected chi connectivity index (χ4v) is 2.80. The highest BCUT2D eigenvalue weighted by molar-refractivity contribution is 5.12. The number of hydrogen-bond acceptors (Lipinski definition) is 5. The summed E-state index contributed by atoms with van der Waals surface area (Å²) in [6.07, 6.45) is 6.40. The number of aromatic nitrogens is 4. The zero-order valence-corrected chi connectivity index (χ0v) is 13.2. The number of hydrogen-bond donors (Lipinski definition) is 0. The molecule has 21 heavy (non-hydrogen) atoms. The molecule has 0 bridgehead atoms. The lowest BCUT2D eigenvalue weighted by atomic mass is 9.97. The van der Waals surface area contributed by atoms with Crippen molar-refractivity contribution in [3.63, 3.8) is 0 Å². The first kappa shape index (κ1) is 14.3. The molecule has 1 fully saturated rings. The molecule has 2 aromatic rings. The fourth-order valence-electron chi connectivity index (χ4n) is 2.80. The normalized spacial score (nSPS) is 20.3. The van der Waals surface area contributed by atoms with Gasteiger partial charge in [-0.1, -0.05) is 20.8 Å². The van der Waals surface area contributed by atoms with Crippen LogP contribution in [0, 0.1) is 0 Å². The Labute approximate surface area is 125 Å². The summed E-state index contributed by atoms with van der Waals surface area (Å²) in [4.78, 5) is 2.40. The van der Waals surface area contributed by atoms with Crippen LogP contribution in [0.15, 0.2) is 16.8 Å². The third-order valence-corrected chi connectivity index (χ3v) is 3.92. The molecule has 1 aliphatic heterocycles. The monoisotopic (exact) mass is 289 g/mol. The van der Waals surface area contributed by atoms with Crippen LogP contribution in [-0.4, -0.2) is 31.4 Å². The minimum absolute atomic E-state index is 0.0982. The number of nitrogens with zero attached hydrogens (tertiary/aromatic N) is 5. The third kappa shape index (κ3) is 3.00. The highest BCUT2D eigenvalue weighted by Gasteiger charge is 2.29. The Balaban J connectivity index is 1.73. The Morgan fingerprint density at radius 2 is 2.14 bits per heavy atom. The van der Waals surface area contributed by atoms with Crippen LogP contribution in [-0.2, 0) is 19.0 Å². The molecule has 2 aromatic heterocycles. The quantitative estimate of drug-likeness (QED) is 0.868. The second-order valence-electron chi connectivity index (χ2n) is 6.83. The van der Waals surface area contributed by atoms with Crippen LogP contribution in [0.2, 0.25) is 0 Å². The van der Waals surface area contributed by atoms with E-state index in [1.165, 1.54) is 12.0 Å². The summed E-state index contributed by atoms with van der Waals surface area (Å²) in [5.41, 5.74) is 1.17. The molecule has 3 rings (SSSR count). The Morgan fingerprint density at radius 1 is 1.33 bits per heavy atom. The lowest BCUT2D eigenvalue weighted by Crippen LogP contribution is -2.22. The number of aryl methyl sites for hydroxylation is 1. The van der Waals surface area contributed by atoms with Crippen molar-refractivity contribution in [2.45, 2.75) is 51.6 Å². The summed E-state index contributed by atoms with van der Waals surface area (Å²) >= 11 is 0. The predicted molar refractivity (Wildman–Crippen MR) is 78.6 cm³/mol. The first-order valence-electron chi connectivity index (χ1n) is 7.49. The standard InChI is InChI=1S/C15H23N5O/c1-15(2,3)14-18-17-13(21-14)10-20-7-5-6-12(20)11-8-16-19(4)9-11/h8-9,12H,5-7,10H2,1-4H3/t12-/m1/s1. The summed E-state index contributed by atoms with van der Waals surface area (Å²) in [5, 5.41) is 12.6. The molecule has 0 spiro atoms. The van der Waals surface area contributed by atoms with E-state index in [9.17, 15) is 0 Å². The second kappa shape index (κ2) is 5.26. The van der Waals surface area contributed by atoms with Gasteiger partial charge in [-0.25, -0.2) is 0 Å². The topological polar surface area (TPSA) is 60.0 Å². The van der Waals surface area contributed by atoms with Gasteiger partial charge in [-0.05, 0) is 19.4 Å². The molecule has 0 unspecified atom stereocenters. The molecule has 6 nitrogen and oxygen atoms in total. The second-order valence-corrected chi connectivity index (χ2v) is 6.83. The van der Waals surface area contributed by atoms with Crippen LogP contribution in [0.4, 0.5) is 0 Å². The molecule has 0 radical (unpaired) electrons. The molecule has 1 saturated heterocycles. The predicted octanol–water partition coefficient (Wildman–Crippen LogP) is 2.44. The third-order valence-electron chi connectivity index (χ3n) is 3.92. The first-order valence-corrected chi connectivity index (χ1v) is 7.49. The summed E-state index contributed by atoms with van der Waals surface area (Å²) < 4.78 is 7.67. The molecule has 1 aliphatic rings. The van der Waals surface area contributed by atoms with Gasteiger partial charge in [0.1, 0.15) is 0 Å². The van der Waals surface area contributed by atoms with E-state index >= 15 is 0 Å². The van der Waals surface area contributed by atoms with Crippen molar-refractivity contribution in [2.75, 3.05) is 6.54 Å². The van der Waals surface area contributed by atoms with Gasteiger partial charge in [-0.15, -0.1) is 10.2 Å². The van der Waals surface area contributed by atoms with Gasteiger partial charge < -0.3 is 4.42 Å². The zero-order chi connectivity index (χ0) is 15.0. The van der Waals surface area contributed by atoms with Crippen molar-refractivity contribution in [3.05, 3.63) is 29.7 Å². The number of likely N-dealkylation sites (tertiary alicyclic amines) is 1. The van der Waals surface area contributed by atoms with E-state index in [1.807, 2.05) is 17.9 Å². The minimum atomic E-state index is -0.0982. The maximum absolute atomic E-state index is 5.81. The van der Waals surface area contributed by atoms with Gasteiger partial charge in [0, 0.05) is 30.3 Å². The summed E-state index contributed by atoms with van der Waals surface area (Å²) in [5.74, 6) is 1.41. The lowest BCUT2D eigenvalue weighted by molar-refractivity contribution is 0.218. The highest BCUT2D eigenvalue weighted by atomic mass is 16.4. The summed E-state index contributed by atoms with van der Waals surface area (Å²) in [7, 11) is 1.95. The van der Waals surface area contributed by atoms with Crippen molar-refractivity contribution < 1.29 is 4.42 Å². The molecular weight excluding hydrogens is 266 g/mol. The van der Waals surface area contributed by atoms with Crippen LogP contribution in [0.25, 0.3) is 0 Å². The highest BCUT2D eigenvalue weighted by Crippen LogP contribution is 2.33. The Morgan fingerprint density at radius 3 is 2.76 bits per heavy atom. The van der Waals surface area contributed by atoms with Crippen LogP contribution in [0.1, 0.15) is 57.0 Å². The van der Waals surface area contributed by atoms with Crippen LogP contribution in [0.5, 0.6) is 0 Å². The average Bonchev–Trinajstić information content (AvgIpc) is 3.08. The van der Waals surface area contributed by atoms with Crippen LogP contribution in [0.3, 0.4) is 0 Å². The smallest absolute Gasteiger partial charge is 0.230 e. The van der Waals surface area contributed by atoms with Crippen molar-refractivity contribution in [1.29, 1.82) is 0 Å². The zero-order valence-electron chi connectivity index (χ0n) is 13.2. The van der Waals surface area contributed by atoms with Crippen molar-refractivity contribution >= 4 is 0 Å².